The number of nitrogens with one attached hydrogen (secondary N) is 1. The second-order valence-electron chi connectivity index (χ2n) is 3.71. The van der Waals surface area contributed by atoms with Gasteiger partial charge in [0.2, 0.25) is 0 Å². The number of ether oxygens (including phenoxy) is 1. The van der Waals surface area contributed by atoms with Crippen molar-refractivity contribution in [3.63, 3.8) is 0 Å². The van der Waals surface area contributed by atoms with Crippen molar-refractivity contribution in [1.29, 1.82) is 0 Å². The quantitative estimate of drug-likeness (QED) is 0.394. The van der Waals surface area contributed by atoms with Crippen LogP contribution in [0.25, 0.3) is 27.4 Å². The van der Waals surface area contributed by atoms with E-state index >= 15 is 0 Å². The van der Waals surface area contributed by atoms with E-state index in [1.54, 1.807) is 24.4 Å². The van der Waals surface area contributed by atoms with Crippen molar-refractivity contribution in [2.45, 2.75) is 0 Å². The number of aromatic amines is 1. The molecular weight excluding hydrogens is 246 g/mol. The van der Waals surface area contributed by atoms with E-state index in [1.807, 2.05) is 6.07 Å². The first-order valence-electron chi connectivity index (χ1n) is 5.49. The van der Waals surface area contributed by atoms with Gasteiger partial charge in [-0.15, -0.1) is 0 Å². The van der Waals surface area contributed by atoms with Gasteiger partial charge in [-0.05, 0) is 23.2 Å². The lowest BCUT2D eigenvalue weighted by Crippen LogP contribution is -2.02. The fraction of sp³-hybridized carbons (Fsp3) is 0.167. The molecule has 7 nitrogen and oxygen atoms in total. The molecule has 19 heavy (non-hydrogen) atoms. The molecule has 2 rings (SSSR count). The molecule has 0 amide bonds. The van der Waals surface area contributed by atoms with Crippen LogP contribution >= 0.6 is 0 Å². The number of hydrogen-bond donors (Lipinski definition) is 1. The van der Waals surface area contributed by atoms with Gasteiger partial charge in [0.25, 0.3) is 0 Å². The lowest BCUT2D eigenvalue weighted by Gasteiger charge is -2.02. The largest absolute Gasteiger partial charge is 0.465 e. The van der Waals surface area contributed by atoms with E-state index in [1.165, 1.54) is 7.11 Å². The monoisotopic (exact) mass is 257 g/mol. The predicted molar refractivity (Wildman–Crippen MR) is 70.5 cm³/mol. The molecule has 0 atom stereocenters. The molecule has 1 aromatic heterocycles. The van der Waals surface area contributed by atoms with Crippen LogP contribution in [0.1, 0.15) is 15.9 Å². The Morgan fingerprint density at radius 3 is 3.21 bits per heavy atom. The van der Waals surface area contributed by atoms with Crippen LogP contribution in [-0.4, -0.2) is 29.8 Å². The third-order valence-corrected chi connectivity index (χ3v) is 2.55. The summed E-state index contributed by atoms with van der Waals surface area (Å²) in [5.41, 5.74) is 10.2. The maximum Gasteiger partial charge on any atom is 0.338 e. The number of azide groups is 1. The third-order valence-electron chi connectivity index (χ3n) is 2.55. The summed E-state index contributed by atoms with van der Waals surface area (Å²) in [5.74, 6) is -0.420. The summed E-state index contributed by atoms with van der Waals surface area (Å²) in [4.78, 5) is 14.4. The Labute approximate surface area is 108 Å². The maximum absolute atomic E-state index is 11.7. The van der Waals surface area contributed by atoms with Crippen LogP contribution in [-0.2, 0) is 4.74 Å². The van der Waals surface area contributed by atoms with E-state index in [0.717, 1.165) is 11.1 Å². The molecule has 0 unspecified atom stereocenters. The minimum absolute atomic E-state index is 0.255. The van der Waals surface area contributed by atoms with Crippen molar-refractivity contribution >= 4 is 22.9 Å². The van der Waals surface area contributed by atoms with Gasteiger partial charge < -0.3 is 4.74 Å². The molecular formula is C12H11N5O2. The average Bonchev–Trinajstić information content (AvgIpc) is 2.90. The normalized spacial score (nSPS) is 10.6. The van der Waals surface area contributed by atoms with Gasteiger partial charge in [0.15, 0.2) is 0 Å². The number of nitrogens with zero attached hydrogens (tertiary/aromatic N) is 4. The summed E-state index contributed by atoms with van der Waals surface area (Å²) in [5, 5.41) is 10.8. The molecule has 1 N–H and O–H groups in total. The van der Waals surface area contributed by atoms with Gasteiger partial charge in [0, 0.05) is 16.8 Å². The Balaban J connectivity index is 2.43. The van der Waals surface area contributed by atoms with Crippen LogP contribution in [0.15, 0.2) is 29.5 Å². The van der Waals surface area contributed by atoms with E-state index in [0.29, 0.717) is 10.9 Å². The highest BCUT2D eigenvalue weighted by atomic mass is 16.5. The molecule has 0 saturated heterocycles. The van der Waals surface area contributed by atoms with Gasteiger partial charge in [0.1, 0.15) is 0 Å². The van der Waals surface area contributed by atoms with Crippen LogP contribution < -0.4 is 0 Å². The number of hydrogen-bond acceptors (Lipinski definition) is 4. The van der Waals surface area contributed by atoms with Crippen LogP contribution in [0.3, 0.4) is 0 Å². The van der Waals surface area contributed by atoms with Crippen molar-refractivity contribution < 1.29 is 9.53 Å². The highest BCUT2D eigenvalue weighted by Crippen LogP contribution is 2.20. The topological polar surface area (TPSA) is 104 Å². The molecule has 1 aromatic carbocycles. The maximum atomic E-state index is 11.7. The molecule has 2 aromatic rings. The highest BCUT2D eigenvalue weighted by Gasteiger charge is 2.12. The van der Waals surface area contributed by atoms with Crippen LogP contribution in [0.4, 0.5) is 0 Å². The fourth-order valence-electron chi connectivity index (χ4n) is 1.72. The summed E-state index contributed by atoms with van der Waals surface area (Å²) in [6, 6.07) is 3.55. The number of H-pyrrole nitrogens is 1. The van der Waals surface area contributed by atoms with Crippen LogP contribution in [0.5, 0.6) is 0 Å². The van der Waals surface area contributed by atoms with Gasteiger partial charge in [-0.25, -0.2) is 4.79 Å². The van der Waals surface area contributed by atoms with Crippen molar-refractivity contribution in [3.8, 4) is 0 Å². The van der Waals surface area contributed by atoms with Gasteiger partial charge in [0.05, 0.1) is 24.4 Å². The first-order valence-corrected chi connectivity index (χ1v) is 5.49. The summed E-state index contributed by atoms with van der Waals surface area (Å²) >= 11 is 0. The van der Waals surface area contributed by atoms with Gasteiger partial charge in [-0.3, -0.25) is 5.10 Å². The zero-order valence-electron chi connectivity index (χ0n) is 10.2. The zero-order chi connectivity index (χ0) is 13.7. The molecule has 0 spiro atoms. The highest BCUT2D eigenvalue weighted by molar-refractivity contribution is 6.04. The Morgan fingerprint density at radius 1 is 1.63 bits per heavy atom. The molecule has 0 aliphatic carbocycles. The average molecular weight is 257 g/mol. The van der Waals surface area contributed by atoms with Crippen molar-refractivity contribution in [2.75, 3.05) is 13.7 Å². The van der Waals surface area contributed by atoms with Crippen LogP contribution in [0.2, 0.25) is 0 Å². The SMILES string of the molecule is COC(=O)c1cc(C=CCN=[N+]=[N-])cc2[nH]ncc12. The Morgan fingerprint density at radius 2 is 2.47 bits per heavy atom. The van der Waals surface area contributed by atoms with Gasteiger partial charge in [-0.1, -0.05) is 17.3 Å². The molecule has 0 saturated carbocycles. The molecule has 0 radical (unpaired) electrons. The molecule has 0 aliphatic rings. The first kappa shape index (κ1) is 12.7. The molecule has 0 fully saturated rings. The Kier molecular flexibility index (Phi) is 3.80. The summed E-state index contributed by atoms with van der Waals surface area (Å²) in [6.07, 6.45) is 5.05. The summed E-state index contributed by atoms with van der Waals surface area (Å²) in [6.45, 7) is 0.255. The number of rotatable bonds is 4. The van der Waals surface area contributed by atoms with Crippen molar-refractivity contribution in [2.24, 2.45) is 5.11 Å². The Bertz CT molecular complexity index is 682. The standard InChI is InChI=1S/C12H11N5O2/c1-19-12(18)9-5-8(3-2-4-14-17-13)6-11-10(9)7-15-16-11/h2-3,5-7H,4H2,1H3,(H,15,16). The minimum Gasteiger partial charge on any atom is -0.465 e. The fourth-order valence-corrected chi connectivity index (χ4v) is 1.72. The molecule has 0 aliphatic heterocycles. The van der Waals surface area contributed by atoms with E-state index in [4.69, 9.17) is 10.3 Å². The molecule has 7 heteroatoms. The predicted octanol–water partition coefficient (Wildman–Crippen LogP) is 2.67. The smallest absolute Gasteiger partial charge is 0.338 e. The summed E-state index contributed by atoms with van der Waals surface area (Å²) < 4.78 is 4.74. The second kappa shape index (κ2) is 5.70. The lowest BCUT2D eigenvalue weighted by molar-refractivity contribution is 0.0603. The van der Waals surface area contributed by atoms with E-state index in [9.17, 15) is 4.79 Å². The number of benzene rings is 1. The zero-order valence-corrected chi connectivity index (χ0v) is 10.2. The molecule has 1 heterocycles. The number of fused-ring (bicyclic) bond motifs is 1. The van der Waals surface area contributed by atoms with Gasteiger partial charge >= 0.3 is 5.97 Å². The number of methoxy groups -OCH3 is 1. The summed E-state index contributed by atoms with van der Waals surface area (Å²) in [7, 11) is 1.33. The van der Waals surface area contributed by atoms with E-state index in [-0.39, 0.29) is 6.54 Å². The Hall–Kier alpha value is -2.79. The lowest BCUT2D eigenvalue weighted by atomic mass is 10.1. The third kappa shape index (κ3) is 2.72. The minimum atomic E-state index is -0.420. The molecule has 96 valence electrons. The van der Waals surface area contributed by atoms with E-state index in [2.05, 4.69) is 20.2 Å². The number of aromatic nitrogens is 2. The number of carbonyl (C=O) groups is 1. The number of carbonyl (C=O) groups excluding carboxylic acids is 1. The first-order chi connectivity index (χ1) is 9.26. The second-order valence-corrected chi connectivity index (χ2v) is 3.71. The van der Waals surface area contributed by atoms with Crippen molar-refractivity contribution in [3.05, 3.63) is 46.0 Å². The van der Waals surface area contributed by atoms with E-state index < -0.39 is 5.97 Å². The molecule has 0 bridgehead atoms. The van der Waals surface area contributed by atoms with Crippen LogP contribution in [0, 0.1) is 0 Å². The number of esters is 1. The van der Waals surface area contributed by atoms with Gasteiger partial charge in [-0.2, -0.15) is 5.10 Å². The van der Waals surface area contributed by atoms with Crippen molar-refractivity contribution in [1.82, 2.24) is 10.2 Å².